The molecular formula is C13H16N2S. The molecule has 3 heteroatoms. The van der Waals surface area contributed by atoms with E-state index in [1.165, 1.54) is 9.75 Å². The van der Waals surface area contributed by atoms with Crippen molar-refractivity contribution in [1.29, 1.82) is 0 Å². The maximum Gasteiger partial charge on any atom is 0.0494 e. The molecule has 1 heterocycles. The van der Waals surface area contributed by atoms with Gasteiger partial charge in [0, 0.05) is 27.7 Å². The Balaban J connectivity index is 2.07. The van der Waals surface area contributed by atoms with Crippen molar-refractivity contribution in [3.63, 3.8) is 0 Å². The van der Waals surface area contributed by atoms with Crippen molar-refractivity contribution in [3.05, 3.63) is 45.6 Å². The maximum absolute atomic E-state index is 5.86. The van der Waals surface area contributed by atoms with E-state index in [0.717, 1.165) is 23.5 Å². The van der Waals surface area contributed by atoms with Crippen LogP contribution >= 0.6 is 11.3 Å². The second-order valence-corrected chi connectivity index (χ2v) is 5.26. The van der Waals surface area contributed by atoms with Crippen molar-refractivity contribution < 1.29 is 0 Å². The summed E-state index contributed by atoms with van der Waals surface area (Å²) in [7, 11) is 0. The van der Waals surface area contributed by atoms with E-state index in [-0.39, 0.29) is 0 Å². The average molecular weight is 232 g/mol. The molecule has 1 aromatic carbocycles. The molecular weight excluding hydrogens is 216 g/mol. The summed E-state index contributed by atoms with van der Waals surface area (Å²) in [6, 6.07) is 10.3. The molecule has 0 radical (unpaired) electrons. The third-order valence-corrected chi connectivity index (χ3v) is 3.63. The van der Waals surface area contributed by atoms with E-state index >= 15 is 0 Å². The zero-order valence-corrected chi connectivity index (χ0v) is 10.4. The molecule has 2 rings (SSSR count). The lowest BCUT2D eigenvalue weighted by molar-refractivity contribution is 1.18. The first-order valence-electron chi connectivity index (χ1n) is 5.31. The number of thiophene rings is 1. The second kappa shape index (κ2) is 4.58. The van der Waals surface area contributed by atoms with Crippen LogP contribution in [0, 0.1) is 13.8 Å². The predicted octanol–water partition coefficient (Wildman–Crippen LogP) is 3.56. The van der Waals surface area contributed by atoms with Gasteiger partial charge in [-0.3, -0.25) is 0 Å². The van der Waals surface area contributed by atoms with Gasteiger partial charge in [-0.2, -0.15) is 0 Å². The molecule has 2 nitrogen and oxygen atoms in total. The number of hydrogen-bond acceptors (Lipinski definition) is 3. The van der Waals surface area contributed by atoms with Crippen LogP contribution in [0.2, 0.25) is 0 Å². The van der Waals surface area contributed by atoms with Crippen LogP contribution in [-0.2, 0) is 6.54 Å². The van der Waals surface area contributed by atoms with Gasteiger partial charge in [0.2, 0.25) is 0 Å². The van der Waals surface area contributed by atoms with Crippen molar-refractivity contribution in [2.24, 2.45) is 0 Å². The lowest BCUT2D eigenvalue weighted by Gasteiger charge is -2.10. The molecule has 2 aromatic rings. The van der Waals surface area contributed by atoms with Gasteiger partial charge in [0.15, 0.2) is 0 Å². The van der Waals surface area contributed by atoms with E-state index in [4.69, 9.17) is 5.73 Å². The fourth-order valence-corrected chi connectivity index (χ4v) is 2.44. The van der Waals surface area contributed by atoms with Crippen LogP contribution in [0.1, 0.15) is 15.3 Å². The molecule has 0 aliphatic heterocycles. The zero-order chi connectivity index (χ0) is 11.5. The Labute approximate surface area is 100 Å². The minimum atomic E-state index is 0.840. The largest absolute Gasteiger partial charge is 0.398 e. The van der Waals surface area contributed by atoms with Gasteiger partial charge >= 0.3 is 0 Å². The Morgan fingerprint density at radius 3 is 2.69 bits per heavy atom. The molecule has 3 N–H and O–H groups in total. The third kappa shape index (κ3) is 2.36. The fraction of sp³-hybridized carbons (Fsp3) is 0.231. The summed E-state index contributed by atoms with van der Waals surface area (Å²) >= 11 is 1.82. The minimum absolute atomic E-state index is 0.840. The minimum Gasteiger partial charge on any atom is -0.398 e. The number of aryl methyl sites for hydroxylation is 1. The predicted molar refractivity (Wildman–Crippen MR) is 72.0 cm³/mol. The van der Waals surface area contributed by atoms with Gasteiger partial charge in [-0.05, 0) is 43.7 Å². The van der Waals surface area contributed by atoms with Crippen molar-refractivity contribution >= 4 is 22.7 Å². The van der Waals surface area contributed by atoms with Gasteiger partial charge in [-0.1, -0.05) is 6.07 Å². The lowest BCUT2D eigenvalue weighted by Crippen LogP contribution is -2.01. The van der Waals surface area contributed by atoms with E-state index in [0.29, 0.717) is 0 Å². The average Bonchev–Trinajstić information content (AvgIpc) is 2.67. The molecule has 16 heavy (non-hydrogen) atoms. The molecule has 0 saturated heterocycles. The molecule has 0 bridgehead atoms. The number of rotatable bonds is 3. The van der Waals surface area contributed by atoms with Crippen LogP contribution in [0.3, 0.4) is 0 Å². The first-order chi connectivity index (χ1) is 7.66. The van der Waals surface area contributed by atoms with Crippen LogP contribution in [-0.4, -0.2) is 0 Å². The second-order valence-electron chi connectivity index (χ2n) is 3.89. The van der Waals surface area contributed by atoms with E-state index in [1.807, 2.05) is 30.4 Å². The quantitative estimate of drug-likeness (QED) is 0.794. The van der Waals surface area contributed by atoms with Gasteiger partial charge in [-0.15, -0.1) is 11.3 Å². The van der Waals surface area contributed by atoms with E-state index in [1.54, 1.807) is 0 Å². The van der Waals surface area contributed by atoms with Crippen molar-refractivity contribution in [1.82, 2.24) is 0 Å². The van der Waals surface area contributed by atoms with Crippen LogP contribution in [0.15, 0.2) is 30.3 Å². The van der Waals surface area contributed by atoms with E-state index < -0.39 is 0 Å². The van der Waals surface area contributed by atoms with Crippen molar-refractivity contribution in [3.8, 4) is 0 Å². The van der Waals surface area contributed by atoms with E-state index in [9.17, 15) is 0 Å². The normalized spacial score (nSPS) is 10.4. The van der Waals surface area contributed by atoms with Gasteiger partial charge < -0.3 is 11.1 Å². The van der Waals surface area contributed by atoms with Crippen LogP contribution in [0.4, 0.5) is 11.4 Å². The van der Waals surface area contributed by atoms with Crippen molar-refractivity contribution in [2.45, 2.75) is 20.4 Å². The summed E-state index contributed by atoms with van der Waals surface area (Å²) < 4.78 is 0. The number of benzene rings is 1. The number of anilines is 2. The first-order valence-corrected chi connectivity index (χ1v) is 6.13. The van der Waals surface area contributed by atoms with Gasteiger partial charge in [0.1, 0.15) is 0 Å². The third-order valence-electron chi connectivity index (χ3n) is 2.62. The highest BCUT2D eigenvalue weighted by atomic mass is 32.1. The van der Waals surface area contributed by atoms with Crippen LogP contribution < -0.4 is 11.1 Å². The molecule has 0 amide bonds. The highest BCUT2D eigenvalue weighted by molar-refractivity contribution is 7.11. The number of hydrogen-bond donors (Lipinski definition) is 2. The molecule has 0 atom stereocenters. The number of nitrogens with one attached hydrogen (secondary N) is 1. The summed E-state index contributed by atoms with van der Waals surface area (Å²) in [5.74, 6) is 0. The molecule has 0 spiro atoms. The Morgan fingerprint density at radius 2 is 2.00 bits per heavy atom. The standard InChI is InChI=1S/C13H16N2S/c1-9-6-7-11(16-9)8-15-13-5-3-4-12(14)10(13)2/h3-7,15H,8,14H2,1-2H3. The SMILES string of the molecule is Cc1ccc(CNc2cccc(N)c2C)s1. The smallest absolute Gasteiger partial charge is 0.0494 e. The lowest BCUT2D eigenvalue weighted by atomic mass is 10.1. The molecule has 1 aromatic heterocycles. The number of nitrogen functional groups attached to an aromatic ring is 1. The van der Waals surface area contributed by atoms with Crippen LogP contribution in [0.25, 0.3) is 0 Å². The molecule has 0 aliphatic carbocycles. The Kier molecular flexibility index (Phi) is 3.15. The van der Waals surface area contributed by atoms with Crippen molar-refractivity contribution in [2.75, 3.05) is 11.1 Å². The Bertz CT molecular complexity index is 488. The summed E-state index contributed by atoms with van der Waals surface area (Å²) in [5.41, 5.74) is 8.93. The first kappa shape index (κ1) is 11.0. The highest BCUT2D eigenvalue weighted by Gasteiger charge is 2.01. The summed E-state index contributed by atoms with van der Waals surface area (Å²) in [5, 5.41) is 3.41. The molecule has 0 fully saturated rings. The summed E-state index contributed by atoms with van der Waals surface area (Å²) in [6.07, 6.45) is 0. The maximum atomic E-state index is 5.86. The summed E-state index contributed by atoms with van der Waals surface area (Å²) in [6.45, 7) is 5.03. The fourth-order valence-electron chi connectivity index (χ4n) is 1.61. The Morgan fingerprint density at radius 1 is 1.19 bits per heavy atom. The monoisotopic (exact) mass is 232 g/mol. The number of nitrogens with two attached hydrogens (primary N) is 1. The van der Waals surface area contributed by atoms with Gasteiger partial charge in [0.05, 0.1) is 0 Å². The Hall–Kier alpha value is -1.48. The zero-order valence-electron chi connectivity index (χ0n) is 9.58. The summed E-state index contributed by atoms with van der Waals surface area (Å²) in [4.78, 5) is 2.69. The molecule has 0 aliphatic rings. The van der Waals surface area contributed by atoms with E-state index in [2.05, 4.69) is 30.4 Å². The van der Waals surface area contributed by atoms with Gasteiger partial charge in [0.25, 0.3) is 0 Å². The highest BCUT2D eigenvalue weighted by Crippen LogP contribution is 2.22. The molecule has 0 unspecified atom stereocenters. The topological polar surface area (TPSA) is 38.0 Å². The van der Waals surface area contributed by atoms with Crippen LogP contribution in [0.5, 0.6) is 0 Å². The molecule has 0 saturated carbocycles. The molecule has 84 valence electrons. The van der Waals surface area contributed by atoms with Gasteiger partial charge in [-0.25, -0.2) is 0 Å².